The summed E-state index contributed by atoms with van der Waals surface area (Å²) in [5.41, 5.74) is 3.55. The zero-order valence-electron chi connectivity index (χ0n) is 17.7. The van der Waals surface area contributed by atoms with Crippen LogP contribution in [0.3, 0.4) is 0 Å². The highest BCUT2D eigenvalue weighted by Crippen LogP contribution is 2.35. The molecule has 8 heteroatoms. The quantitative estimate of drug-likeness (QED) is 0.743. The van der Waals surface area contributed by atoms with E-state index in [4.69, 9.17) is 0 Å². The molecule has 1 atom stereocenters. The number of carbonyl (C=O) groups excluding carboxylic acids is 1. The van der Waals surface area contributed by atoms with Gasteiger partial charge in [0, 0.05) is 36.5 Å². The maximum absolute atomic E-state index is 13.1. The first kappa shape index (κ1) is 20.3. The number of benzene rings is 2. The monoisotopic (exact) mass is 440 g/mol. The van der Waals surface area contributed by atoms with E-state index in [1.165, 1.54) is 18.5 Å². The van der Waals surface area contributed by atoms with Crippen molar-refractivity contribution in [3.8, 4) is 0 Å². The summed E-state index contributed by atoms with van der Waals surface area (Å²) < 4.78 is 28.0. The van der Waals surface area contributed by atoms with Gasteiger partial charge in [-0.1, -0.05) is 6.07 Å². The van der Waals surface area contributed by atoms with Gasteiger partial charge in [-0.3, -0.25) is 4.90 Å². The summed E-state index contributed by atoms with van der Waals surface area (Å²) in [6, 6.07) is 12.8. The maximum Gasteiger partial charge on any atom is 0.326 e. The molecule has 2 amide bonds. The van der Waals surface area contributed by atoms with Crippen LogP contribution in [0, 0.1) is 0 Å². The molecule has 1 saturated heterocycles. The number of nitrogens with one attached hydrogen (secondary N) is 2. The Morgan fingerprint density at radius 3 is 2.42 bits per heavy atom. The van der Waals surface area contributed by atoms with E-state index < -0.39 is 10.0 Å². The normalized spacial score (nSPS) is 20.7. The number of sulfonamides is 1. The lowest BCUT2D eigenvalue weighted by Crippen LogP contribution is -2.39. The lowest BCUT2D eigenvalue weighted by atomic mass is 10.1. The molecule has 2 heterocycles. The van der Waals surface area contributed by atoms with E-state index in [2.05, 4.69) is 14.9 Å². The van der Waals surface area contributed by atoms with Crippen molar-refractivity contribution in [1.82, 2.24) is 4.72 Å². The molecular weight excluding hydrogens is 412 g/mol. The Hall–Kier alpha value is -2.58. The van der Waals surface area contributed by atoms with Crippen molar-refractivity contribution in [3.05, 3.63) is 48.0 Å². The van der Waals surface area contributed by atoms with Crippen LogP contribution >= 0.6 is 0 Å². The Labute approximate surface area is 183 Å². The molecule has 2 N–H and O–H groups in total. The number of urea groups is 1. The average Bonchev–Trinajstić information content (AvgIpc) is 3.25. The molecule has 0 radical (unpaired) electrons. The van der Waals surface area contributed by atoms with Gasteiger partial charge in [0.05, 0.1) is 10.6 Å². The highest BCUT2D eigenvalue weighted by molar-refractivity contribution is 7.89. The minimum Gasteiger partial charge on any atom is -0.372 e. The van der Waals surface area contributed by atoms with Gasteiger partial charge in [-0.25, -0.2) is 17.9 Å². The van der Waals surface area contributed by atoms with Crippen molar-refractivity contribution in [2.75, 3.05) is 28.2 Å². The second kappa shape index (κ2) is 7.84. The standard InChI is InChI=1S/C23H28N4O3S/c1-16-14-17-4-11-21(31(29,30)25-19-5-6-19)15-22(17)27(16)23(28)24-18-7-9-20(10-8-18)26-12-2-3-13-26/h4,7-11,15-16,19,25H,2-3,5-6,12-14H2,1H3,(H,24,28). The zero-order chi connectivity index (χ0) is 21.6. The first-order valence-electron chi connectivity index (χ1n) is 11.0. The molecule has 5 rings (SSSR count). The van der Waals surface area contributed by atoms with Crippen LogP contribution in [0.2, 0.25) is 0 Å². The van der Waals surface area contributed by atoms with E-state index in [0.29, 0.717) is 12.1 Å². The van der Waals surface area contributed by atoms with Gasteiger partial charge in [-0.15, -0.1) is 0 Å². The summed E-state index contributed by atoms with van der Waals surface area (Å²) in [6.45, 7) is 4.13. The van der Waals surface area contributed by atoms with Crippen LogP contribution in [0.15, 0.2) is 47.4 Å². The third kappa shape index (κ3) is 4.14. The lowest BCUT2D eigenvalue weighted by Gasteiger charge is -2.24. The predicted octanol–water partition coefficient (Wildman–Crippen LogP) is 3.71. The number of hydrogen-bond donors (Lipinski definition) is 2. The fraction of sp³-hybridized carbons (Fsp3) is 0.435. The number of nitrogens with zero attached hydrogens (tertiary/aromatic N) is 2. The van der Waals surface area contributed by atoms with Gasteiger partial charge in [0.25, 0.3) is 0 Å². The molecule has 7 nitrogen and oxygen atoms in total. The van der Waals surface area contributed by atoms with Gasteiger partial charge < -0.3 is 10.2 Å². The number of carbonyl (C=O) groups is 1. The molecule has 2 aromatic carbocycles. The van der Waals surface area contributed by atoms with Crippen molar-refractivity contribution in [1.29, 1.82) is 0 Å². The number of amides is 2. The molecule has 0 spiro atoms. The van der Waals surface area contributed by atoms with Crippen molar-refractivity contribution in [2.45, 2.75) is 56.0 Å². The molecule has 1 saturated carbocycles. The second-order valence-electron chi connectivity index (χ2n) is 8.78. The topological polar surface area (TPSA) is 81.8 Å². The van der Waals surface area contributed by atoms with Crippen LogP contribution in [0.4, 0.5) is 21.9 Å². The third-order valence-corrected chi connectivity index (χ3v) is 7.81. The Bertz CT molecular complexity index is 1090. The molecule has 2 aromatic rings. The van der Waals surface area contributed by atoms with Gasteiger partial charge >= 0.3 is 6.03 Å². The van der Waals surface area contributed by atoms with E-state index in [0.717, 1.165) is 37.2 Å². The minimum atomic E-state index is -3.57. The summed E-state index contributed by atoms with van der Waals surface area (Å²) >= 11 is 0. The van der Waals surface area contributed by atoms with E-state index in [9.17, 15) is 13.2 Å². The van der Waals surface area contributed by atoms with Crippen molar-refractivity contribution < 1.29 is 13.2 Å². The molecule has 0 bridgehead atoms. The van der Waals surface area contributed by atoms with Gasteiger partial charge in [-0.2, -0.15) is 0 Å². The maximum atomic E-state index is 13.1. The molecule has 0 aromatic heterocycles. The van der Waals surface area contributed by atoms with Crippen LogP contribution in [-0.2, 0) is 16.4 Å². The van der Waals surface area contributed by atoms with E-state index in [1.807, 2.05) is 37.3 Å². The zero-order valence-corrected chi connectivity index (χ0v) is 18.5. The van der Waals surface area contributed by atoms with E-state index >= 15 is 0 Å². The van der Waals surface area contributed by atoms with Gasteiger partial charge in [0.15, 0.2) is 0 Å². The van der Waals surface area contributed by atoms with Gasteiger partial charge in [-0.05, 0) is 81.0 Å². The lowest BCUT2D eigenvalue weighted by molar-refractivity contribution is 0.256. The first-order chi connectivity index (χ1) is 14.9. The van der Waals surface area contributed by atoms with Crippen molar-refractivity contribution in [2.24, 2.45) is 0 Å². The fourth-order valence-electron chi connectivity index (χ4n) is 4.47. The van der Waals surface area contributed by atoms with Crippen LogP contribution in [-0.4, -0.2) is 39.6 Å². The smallest absolute Gasteiger partial charge is 0.326 e. The third-order valence-electron chi connectivity index (χ3n) is 6.29. The molecule has 2 aliphatic heterocycles. The van der Waals surface area contributed by atoms with Crippen molar-refractivity contribution in [3.63, 3.8) is 0 Å². The summed E-state index contributed by atoms with van der Waals surface area (Å²) in [5, 5.41) is 2.98. The fourth-order valence-corrected chi connectivity index (χ4v) is 5.79. The highest BCUT2D eigenvalue weighted by Gasteiger charge is 2.34. The van der Waals surface area contributed by atoms with Crippen LogP contribution in [0.25, 0.3) is 0 Å². The van der Waals surface area contributed by atoms with E-state index in [-0.39, 0.29) is 23.0 Å². The Balaban J connectivity index is 1.34. The number of fused-ring (bicyclic) bond motifs is 1. The van der Waals surface area contributed by atoms with Gasteiger partial charge in [0.2, 0.25) is 10.0 Å². The predicted molar refractivity (Wildman–Crippen MR) is 122 cm³/mol. The SMILES string of the molecule is CC1Cc2ccc(S(=O)(=O)NC3CC3)cc2N1C(=O)Nc1ccc(N2CCCC2)cc1. The summed E-state index contributed by atoms with van der Waals surface area (Å²) in [5.74, 6) is 0. The molecule has 164 valence electrons. The summed E-state index contributed by atoms with van der Waals surface area (Å²) in [6.07, 6.45) is 4.91. The molecular formula is C23H28N4O3S. The van der Waals surface area contributed by atoms with Crippen LogP contribution < -0.4 is 19.8 Å². The first-order valence-corrected chi connectivity index (χ1v) is 12.5. The van der Waals surface area contributed by atoms with Gasteiger partial charge in [0.1, 0.15) is 0 Å². The highest BCUT2D eigenvalue weighted by atomic mass is 32.2. The molecule has 31 heavy (non-hydrogen) atoms. The number of rotatable bonds is 5. The van der Waals surface area contributed by atoms with Crippen LogP contribution in [0.1, 0.15) is 38.2 Å². The molecule has 1 aliphatic carbocycles. The Kier molecular flexibility index (Phi) is 5.14. The largest absolute Gasteiger partial charge is 0.372 e. The Morgan fingerprint density at radius 2 is 1.74 bits per heavy atom. The minimum absolute atomic E-state index is 0.0418. The summed E-state index contributed by atoms with van der Waals surface area (Å²) in [4.78, 5) is 17.3. The van der Waals surface area contributed by atoms with Crippen LogP contribution in [0.5, 0.6) is 0 Å². The molecule has 2 fully saturated rings. The Morgan fingerprint density at radius 1 is 1.03 bits per heavy atom. The molecule has 3 aliphatic rings. The van der Waals surface area contributed by atoms with Crippen molar-refractivity contribution >= 4 is 33.1 Å². The summed E-state index contributed by atoms with van der Waals surface area (Å²) in [7, 11) is -3.57. The number of hydrogen-bond acceptors (Lipinski definition) is 4. The van der Waals surface area contributed by atoms with E-state index in [1.54, 1.807) is 17.0 Å². The second-order valence-corrected chi connectivity index (χ2v) is 10.5. The molecule has 1 unspecified atom stereocenters. The number of anilines is 3. The average molecular weight is 441 g/mol.